The summed E-state index contributed by atoms with van der Waals surface area (Å²) >= 11 is 0. The van der Waals surface area contributed by atoms with E-state index in [-0.39, 0.29) is 11.8 Å². The first-order chi connectivity index (χ1) is 15.0. The highest BCUT2D eigenvalue weighted by atomic mass is 16.5. The predicted molar refractivity (Wildman–Crippen MR) is 117 cm³/mol. The van der Waals surface area contributed by atoms with E-state index in [1.807, 2.05) is 63.2 Å². The molecule has 7 nitrogen and oxygen atoms in total. The summed E-state index contributed by atoms with van der Waals surface area (Å²) in [5, 5.41) is 7.61. The smallest absolute Gasteiger partial charge is 0.259 e. The Morgan fingerprint density at radius 1 is 1.16 bits per heavy atom. The van der Waals surface area contributed by atoms with Crippen molar-refractivity contribution in [2.24, 2.45) is 0 Å². The first kappa shape index (κ1) is 20.5. The van der Waals surface area contributed by atoms with Crippen molar-refractivity contribution in [1.29, 1.82) is 0 Å². The van der Waals surface area contributed by atoms with Gasteiger partial charge < -0.3 is 14.6 Å². The zero-order valence-electron chi connectivity index (χ0n) is 17.8. The van der Waals surface area contributed by atoms with Crippen molar-refractivity contribution in [1.82, 2.24) is 20.4 Å². The molecule has 4 rings (SSSR count). The van der Waals surface area contributed by atoms with Crippen LogP contribution in [0.2, 0.25) is 0 Å². The maximum absolute atomic E-state index is 12.9. The second-order valence-corrected chi connectivity index (χ2v) is 7.67. The molecule has 0 atom stereocenters. The monoisotopic (exact) mass is 416 g/mol. The number of ether oxygens (including phenoxy) is 1. The molecule has 158 valence electrons. The van der Waals surface area contributed by atoms with Crippen molar-refractivity contribution < 1.29 is 14.1 Å². The highest BCUT2D eigenvalue weighted by Crippen LogP contribution is 2.25. The van der Waals surface area contributed by atoms with E-state index in [4.69, 9.17) is 9.26 Å². The summed E-state index contributed by atoms with van der Waals surface area (Å²) in [4.78, 5) is 21.5. The van der Waals surface area contributed by atoms with Gasteiger partial charge in [-0.05, 0) is 42.7 Å². The third kappa shape index (κ3) is 4.71. The maximum Gasteiger partial charge on any atom is 0.259 e. The Balaban J connectivity index is 1.42. The molecule has 1 amide bonds. The Labute approximate surface area is 180 Å². The molecular formula is C24H24N4O3. The zero-order chi connectivity index (χ0) is 21.8. The lowest BCUT2D eigenvalue weighted by Gasteiger charge is -2.10. The van der Waals surface area contributed by atoms with E-state index in [9.17, 15) is 4.79 Å². The number of hydrogen-bond donors (Lipinski definition) is 1. The Kier molecular flexibility index (Phi) is 5.93. The molecule has 0 aliphatic heterocycles. The molecule has 7 heteroatoms. The second-order valence-electron chi connectivity index (χ2n) is 7.67. The molecule has 1 N–H and O–H groups in total. The van der Waals surface area contributed by atoms with Crippen LogP contribution < -0.4 is 10.1 Å². The van der Waals surface area contributed by atoms with Crippen molar-refractivity contribution in [3.05, 3.63) is 82.9 Å². The average Bonchev–Trinajstić information content (AvgIpc) is 3.17. The van der Waals surface area contributed by atoms with E-state index >= 15 is 0 Å². The number of hydrogen-bond acceptors (Lipinski definition) is 6. The maximum atomic E-state index is 12.9. The van der Waals surface area contributed by atoms with Gasteiger partial charge in [0.2, 0.25) is 0 Å². The van der Waals surface area contributed by atoms with Crippen molar-refractivity contribution in [3.63, 3.8) is 0 Å². The third-order valence-electron chi connectivity index (χ3n) is 4.98. The molecule has 1 aromatic carbocycles. The quantitative estimate of drug-likeness (QED) is 0.475. The highest BCUT2D eigenvalue weighted by molar-refractivity contribution is 6.06. The molecule has 0 unspecified atom stereocenters. The van der Waals surface area contributed by atoms with Crippen LogP contribution in [0.4, 0.5) is 0 Å². The molecule has 0 saturated carbocycles. The molecule has 0 bridgehead atoms. The normalized spacial score (nSPS) is 11.1. The minimum Gasteiger partial charge on any atom is -0.489 e. The molecule has 0 radical (unpaired) electrons. The number of rotatable bonds is 7. The highest BCUT2D eigenvalue weighted by Gasteiger charge is 2.19. The van der Waals surface area contributed by atoms with Crippen LogP contribution in [0.3, 0.4) is 0 Å². The summed E-state index contributed by atoms with van der Waals surface area (Å²) in [6.45, 7) is 6.71. The lowest BCUT2D eigenvalue weighted by Crippen LogP contribution is -2.23. The fourth-order valence-corrected chi connectivity index (χ4v) is 3.22. The Morgan fingerprint density at radius 3 is 2.68 bits per heavy atom. The Bertz CT molecular complexity index is 1180. The van der Waals surface area contributed by atoms with Crippen molar-refractivity contribution in [2.75, 3.05) is 0 Å². The van der Waals surface area contributed by atoms with Gasteiger partial charge in [0.15, 0.2) is 0 Å². The molecule has 31 heavy (non-hydrogen) atoms. The SMILES string of the molecule is Cc1noc2nc(C(C)C)cc(C(=O)NCc3ccc(OCc4cccnc4)cc3)c12. The number of aryl methyl sites for hydroxylation is 1. The number of fused-ring (bicyclic) bond motifs is 1. The van der Waals surface area contributed by atoms with E-state index in [0.29, 0.717) is 35.5 Å². The molecule has 3 aromatic heterocycles. The number of benzene rings is 1. The molecule has 3 heterocycles. The van der Waals surface area contributed by atoms with Crippen molar-refractivity contribution in [3.8, 4) is 5.75 Å². The first-order valence-corrected chi connectivity index (χ1v) is 10.2. The zero-order valence-corrected chi connectivity index (χ0v) is 17.8. The van der Waals surface area contributed by atoms with Crippen LogP contribution >= 0.6 is 0 Å². The van der Waals surface area contributed by atoms with E-state index < -0.39 is 0 Å². The lowest BCUT2D eigenvalue weighted by molar-refractivity contribution is 0.0952. The number of carbonyl (C=O) groups is 1. The fourth-order valence-electron chi connectivity index (χ4n) is 3.22. The van der Waals surface area contributed by atoms with Gasteiger partial charge >= 0.3 is 0 Å². The molecule has 0 aliphatic rings. The van der Waals surface area contributed by atoms with Gasteiger partial charge in [-0.3, -0.25) is 9.78 Å². The summed E-state index contributed by atoms with van der Waals surface area (Å²) in [6, 6.07) is 13.3. The van der Waals surface area contributed by atoms with Crippen molar-refractivity contribution in [2.45, 2.75) is 39.8 Å². The third-order valence-corrected chi connectivity index (χ3v) is 4.98. The molecular weight excluding hydrogens is 392 g/mol. The van der Waals surface area contributed by atoms with Crippen LogP contribution in [0.1, 0.15) is 52.6 Å². The van der Waals surface area contributed by atoms with Gasteiger partial charge in [0.25, 0.3) is 11.6 Å². The van der Waals surface area contributed by atoms with Crippen molar-refractivity contribution >= 4 is 17.0 Å². The van der Waals surface area contributed by atoms with Gasteiger partial charge in [-0.25, -0.2) is 4.98 Å². The minimum absolute atomic E-state index is 0.167. The van der Waals surface area contributed by atoms with Gasteiger partial charge in [0.1, 0.15) is 12.4 Å². The summed E-state index contributed by atoms with van der Waals surface area (Å²) in [5.74, 6) is 0.745. The number of nitrogens with zero attached hydrogens (tertiary/aromatic N) is 3. The predicted octanol–water partition coefficient (Wildman–Crippen LogP) is 4.56. The largest absolute Gasteiger partial charge is 0.489 e. The number of pyridine rings is 2. The number of nitrogens with one attached hydrogen (secondary N) is 1. The van der Waals surface area contributed by atoms with Gasteiger partial charge in [0.05, 0.1) is 16.6 Å². The standard InChI is InChI=1S/C24H24N4O3/c1-15(2)21-11-20(22-16(3)28-31-24(22)27-21)23(29)26-13-17-6-8-19(9-7-17)30-14-18-5-4-10-25-12-18/h4-12,15H,13-14H2,1-3H3,(H,26,29). The molecule has 0 fully saturated rings. The summed E-state index contributed by atoms with van der Waals surface area (Å²) in [5.41, 5.74) is 4.35. The molecule has 0 spiro atoms. The molecule has 4 aromatic rings. The van der Waals surface area contributed by atoms with Gasteiger partial charge in [-0.15, -0.1) is 0 Å². The first-order valence-electron chi connectivity index (χ1n) is 10.2. The molecule has 0 saturated heterocycles. The summed E-state index contributed by atoms with van der Waals surface area (Å²) in [6.07, 6.45) is 3.51. The number of amides is 1. The summed E-state index contributed by atoms with van der Waals surface area (Å²) < 4.78 is 11.1. The average molecular weight is 416 g/mol. The van der Waals surface area contributed by atoms with E-state index in [1.165, 1.54) is 0 Å². The van der Waals surface area contributed by atoms with Gasteiger partial charge in [-0.1, -0.05) is 37.2 Å². The van der Waals surface area contributed by atoms with E-state index in [1.54, 1.807) is 12.4 Å². The second kappa shape index (κ2) is 8.95. The molecule has 0 aliphatic carbocycles. The number of carbonyl (C=O) groups excluding carboxylic acids is 1. The van der Waals surface area contributed by atoms with Crippen LogP contribution in [-0.2, 0) is 13.2 Å². The van der Waals surface area contributed by atoms with Gasteiger partial charge in [0, 0.05) is 30.2 Å². The summed E-state index contributed by atoms with van der Waals surface area (Å²) in [7, 11) is 0. The van der Waals surface area contributed by atoms with Gasteiger partial charge in [-0.2, -0.15) is 0 Å². The topological polar surface area (TPSA) is 90.1 Å². The van der Waals surface area contributed by atoms with Crippen LogP contribution in [0.5, 0.6) is 5.75 Å². The van der Waals surface area contributed by atoms with Crippen LogP contribution in [0.15, 0.2) is 59.4 Å². The fraction of sp³-hybridized carbons (Fsp3) is 0.250. The van der Waals surface area contributed by atoms with Crippen LogP contribution in [0, 0.1) is 6.92 Å². The van der Waals surface area contributed by atoms with Crippen LogP contribution in [0.25, 0.3) is 11.1 Å². The lowest BCUT2D eigenvalue weighted by atomic mass is 10.0. The Hall–Kier alpha value is -3.74. The number of aromatic nitrogens is 3. The minimum atomic E-state index is -0.183. The van der Waals surface area contributed by atoms with E-state index in [0.717, 1.165) is 22.6 Å². The Morgan fingerprint density at radius 2 is 1.97 bits per heavy atom. The van der Waals surface area contributed by atoms with E-state index in [2.05, 4.69) is 20.4 Å². The van der Waals surface area contributed by atoms with Crippen LogP contribution in [-0.4, -0.2) is 21.0 Å².